The summed E-state index contributed by atoms with van der Waals surface area (Å²) in [6, 6.07) is 18.3. The number of piperidine rings is 1. The van der Waals surface area contributed by atoms with Crippen molar-refractivity contribution in [2.45, 2.75) is 87.2 Å². The van der Waals surface area contributed by atoms with E-state index in [0.717, 1.165) is 62.7 Å². The highest BCUT2D eigenvalue weighted by Gasteiger charge is 2.40. The van der Waals surface area contributed by atoms with Crippen molar-refractivity contribution >= 4 is 0 Å². The van der Waals surface area contributed by atoms with Crippen LogP contribution in [0.2, 0.25) is 0 Å². The number of halogens is 7. The first-order valence-electron chi connectivity index (χ1n) is 14.9. The van der Waals surface area contributed by atoms with Crippen molar-refractivity contribution in [2.75, 3.05) is 13.1 Å². The summed E-state index contributed by atoms with van der Waals surface area (Å²) < 4.78 is 93.8. The van der Waals surface area contributed by atoms with Gasteiger partial charge in [0.15, 0.2) is 0 Å². The van der Waals surface area contributed by atoms with Gasteiger partial charge in [0.05, 0.1) is 17.2 Å². The molecule has 0 aromatic heterocycles. The van der Waals surface area contributed by atoms with Crippen LogP contribution in [0, 0.1) is 5.82 Å². The van der Waals surface area contributed by atoms with Crippen LogP contribution in [-0.4, -0.2) is 29.1 Å². The van der Waals surface area contributed by atoms with Crippen molar-refractivity contribution in [1.82, 2.24) is 4.90 Å². The van der Waals surface area contributed by atoms with Crippen molar-refractivity contribution in [3.63, 3.8) is 0 Å². The average molecular weight is 608 g/mol. The topological polar surface area (TPSA) is 23.5 Å². The van der Waals surface area contributed by atoms with Gasteiger partial charge < -0.3 is 10.0 Å². The van der Waals surface area contributed by atoms with Gasteiger partial charge in [-0.15, -0.1) is 0 Å². The van der Waals surface area contributed by atoms with Crippen LogP contribution in [0.1, 0.15) is 91.2 Å². The molecule has 1 unspecified atom stereocenters. The molecule has 3 aromatic rings. The minimum atomic E-state index is -4.97. The molecule has 9 heteroatoms. The number of rotatable bonds is 7. The summed E-state index contributed by atoms with van der Waals surface area (Å²) in [6.07, 6.45) is -5.49. The molecule has 0 radical (unpaired) electrons. The SMILES string of the molecule is OC(CCC1(c2ccccc2)CCC(N2CCC(c3ccc(F)cc3)CC2)CC1)c1cc(C(F)(F)F)cc(C(F)(F)F)c1. The van der Waals surface area contributed by atoms with Crippen LogP contribution in [0.15, 0.2) is 72.8 Å². The minimum Gasteiger partial charge on any atom is -0.388 e. The number of aliphatic hydroxyl groups excluding tert-OH is 1. The molecule has 5 rings (SSSR count). The maximum absolute atomic E-state index is 13.4. The molecule has 0 spiro atoms. The van der Waals surface area contributed by atoms with Crippen LogP contribution >= 0.6 is 0 Å². The monoisotopic (exact) mass is 607 g/mol. The molecule has 1 aliphatic heterocycles. The first-order chi connectivity index (χ1) is 20.3. The van der Waals surface area contributed by atoms with Crippen LogP contribution < -0.4 is 0 Å². The number of hydrogen-bond donors (Lipinski definition) is 1. The number of nitrogens with zero attached hydrogens (tertiary/aromatic N) is 1. The zero-order valence-corrected chi connectivity index (χ0v) is 23.8. The Morgan fingerprint density at radius 1 is 0.767 bits per heavy atom. The molecule has 1 N–H and O–H groups in total. The van der Waals surface area contributed by atoms with Crippen molar-refractivity contribution < 1.29 is 35.8 Å². The zero-order chi connectivity index (χ0) is 30.8. The van der Waals surface area contributed by atoms with Crippen molar-refractivity contribution in [2.24, 2.45) is 0 Å². The van der Waals surface area contributed by atoms with Gasteiger partial charge in [-0.2, -0.15) is 26.3 Å². The standard InChI is InChI=1S/C34H36F7NO/c35-29-8-6-23(7-9-29)24-13-18-42(19-14-24)30-10-15-32(16-11-30,26-4-2-1-3-5-26)17-12-31(43)25-20-27(33(36,37)38)22-28(21-25)34(39,40)41/h1-9,20-22,24,30-31,43H,10-19H2. The number of benzene rings is 3. The van der Waals surface area contributed by atoms with Gasteiger partial charge >= 0.3 is 12.4 Å². The van der Waals surface area contributed by atoms with Gasteiger partial charge in [0.25, 0.3) is 0 Å². The minimum absolute atomic E-state index is 0.0429. The number of aliphatic hydroxyl groups is 1. The van der Waals surface area contributed by atoms with Crippen LogP contribution in [0.25, 0.3) is 0 Å². The second-order valence-electron chi connectivity index (χ2n) is 12.1. The molecular weight excluding hydrogens is 571 g/mol. The Kier molecular flexibility index (Phi) is 9.23. The molecule has 232 valence electrons. The molecule has 0 bridgehead atoms. The molecule has 2 aliphatic rings. The molecule has 1 saturated carbocycles. The summed E-state index contributed by atoms with van der Waals surface area (Å²) in [4.78, 5) is 2.52. The third-order valence-corrected chi connectivity index (χ3v) is 9.58. The van der Waals surface area contributed by atoms with E-state index in [1.54, 1.807) is 0 Å². The highest BCUT2D eigenvalue weighted by Crippen LogP contribution is 2.46. The Labute approximate surface area is 247 Å². The van der Waals surface area contributed by atoms with Crippen LogP contribution in [0.5, 0.6) is 0 Å². The van der Waals surface area contributed by atoms with Gasteiger partial charge in [-0.05, 0) is 123 Å². The smallest absolute Gasteiger partial charge is 0.388 e. The average Bonchev–Trinajstić information content (AvgIpc) is 3.00. The highest BCUT2D eigenvalue weighted by molar-refractivity contribution is 5.35. The van der Waals surface area contributed by atoms with E-state index in [1.165, 1.54) is 12.1 Å². The van der Waals surface area contributed by atoms with Gasteiger partial charge in [0, 0.05) is 6.04 Å². The molecule has 2 fully saturated rings. The van der Waals surface area contributed by atoms with E-state index in [9.17, 15) is 35.8 Å². The van der Waals surface area contributed by atoms with Gasteiger partial charge in [0.2, 0.25) is 0 Å². The molecule has 1 saturated heterocycles. The van der Waals surface area contributed by atoms with E-state index >= 15 is 0 Å². The predicted molar refractivity (Wildman–Crippen MR) is 151 cm³/mol. The molecule has 43 heavy (non-hydrogen) atoms. The number of likely N-dealkylation sites (tertiary alicyclic amines) is 1. The van der Waals surface area contributed by atoms with E-state index in [1.807, 2.05) is 42.5 Å². The normalized spacial score (nSPS) is 23.3. The lowest BCUT2D eigenvalue weighted by atomic mass is 9.65. The quantitative estimate of drug-likeness (QED) is 0.271. The van der Waals surface area contributed by atoms with Crippen molar-refractivity contribution in [3.8, 4) is 0 Å². The number of hydrogen-bond acceptors (Lipinski definition) is 2. The largest absolute Gasteiger partial charge is 0.416 e. The van der Waals surface area contributed by atoms with Crippen molar-refractivity contribution in [3.05, 3.63) is 106 Å². The lowest BCUT2D eigenvalue weighted by Gasteiger charge is -2.46. The summed E-state index contributed by atoms with van der Waals surface area (Å²) in [5.74, 6) is 0.165. The maximum atomic E-state index is 13.4. The van der Waals surface area contributed by atoms with Gasteiger partial charge in [-0.25, -0.2) is 4.39 Å². The summed E-state index contributed by atoms with van der Waals surface area (Å²) in [5.41, 5.74) is -1.30. The van der Waals surface area contributed by atoms with E-state index in [0.29, 0.717) is 30.5 Å². The fraction of sp³-hybridized carbons (Fsp3) is 0.471. The van der Waals surface area contributed by atoms with E-state index in [4.69, 9.17) is 0 Å². The molecule has 1 atom stereocenters. The Hall–Kier alpha value is -2.91. The predicted octanol–water partition coefficient (Wildman–Crippen LogP) is 9.44. The van der Waals surface area contributed by atoms with Crippen molar-refractivity contribution in [1.29, 1.82) is 0 Å². The molecule has 2 nitrogen and oxygen atoms in total. The molecule has 1 heterocycles. The Bertz CT molecular complexity index is 1310. The Morgan fingerprint density at radius 2 is 1.33 bits per heavy atom. The van der Waals surface area contributed by atoms with E-state index in [-0.39, 0.29) is 29.3 Å². The molecule has 3 aromatic carbocycles. The second kappa shape index (κ2) is 12.6. The Balaban J connectivity index is 1.27. The van der Waals surface area contributed by atoms with Crippen LogP contribution in [0.3, 0.4) is 0 Å². The lowest BCUT2D eigenvalue weighted by Crippen LogP contribution is -2.45. The summed E-state index contributed by atoms with van der Waals surface area (Å²) in [6.45, 7) is 1.89. The first kappa shape index (κ1) is 31.5. The van der Waals surface area contributed by atoms with E-state index < -0.39 is 29.6 Å². The number of alkyl halides is 6. The fourth-order valence-corrected chi connectivity index (χ4v) is 7.08. The van der Waals surface area contributed by atoms with Gasteiger partial charge in [-0.1, -0.05) is 42.5 Å². The third kappa shape index (κ3) is 7.43. The zero-order valence-electron chi connectivity index (χ0n) is 23.8. The molecule has 0 amide bonds. The summed E-state index contributed by atoms with van der Waals surface area (Å²) >= 11 is 0. The van der Waals surface area contributed by atoms with Crippen LogP contribution in [0.4, 0.5) is 30.7 Å². The molecular formula is C34H36F7NO. The summed E-state index contributed by atoms with van der Waals surface area (Å²) in [5, 5.41) is 10.9. The third-order valence-electron chi connectivity index (χ3n) is 9.58. The van der Waals surface area contributed by atoms with Gasteiger partial charge in [0.1, 0.15) is 5.82 Å². The van der Waals surface area contributed by atoms with Gasteiger partial charge in [-0.3, -0.25) is 0 Å². The first-order valence-corrected chi connectivity index (χ1v) is 14.9. The van der Waals surface area contributed by atoms with E-state index in [2.05, 4.69) is 4.90 Å². The summed E-state index contributed by atoms with van der Waals surface area (Å²) in [7, 11) is 0. The second-order valence-corrected chi connectivity index (χ2v) is 12.1. The Morgan fingerprint density at radius 3 is 1.86 bits per heavy atom. The van der Waals surface area contributed by atoms with Crippen LogP contribution in [-0.2, 0) is 17.8 Å². The lowest BCUT2D eigenvalue weighted by molar-refractivity contribution is -0.143. The molecule has 1 aliphatic carbocycles. The maximum Gasteiger partial charge on any atom is 0.416 e. The highest BCUT2D eigenvalue weighted by atomic mass is 19.4. The fourth-order valence-electron chi connectivity index (χ4n) is 7.08.